The van der Waals surface area contributed by atoms with Crippen LogP contribution in [0.2, 0.25) is 5.02 Å². The number of aromatic amines is 3. The molecule has 1 aromatic carbocycles. The highest BCUT2D eigenvalue weighted by Crippen LogP contribution is 2.32. The summed E-state index contributed by atoms with van der Waals surface area (Å²) in [6, 6.07) is 11.1. The number of halogens is 1. The number of fused-ring (bicyclic) bond motifs is 1. The molecular weight excluding hydrogens is 610 g/mol. The minimum Gasteiger partial charge on any atom is -0.384 e. The highest BCUT2D eigenvalue weighted by molar-refractivity contribution is 6.30. The SMILES string of the molecule is CC(=O)ONc1ccnc(=O)[nH]1.CC(=O)ONc1nc2nc[nH]c2c(=O)[nH]1.CCc1cc(N)nc(NC)c1-c1ccc(Cl)cc1. The molecule has 0 unspecified atom stereocenters. The van der Waals surface area contributed by atoms with Gasteiger partial charge in [-0.25, -0.2) is 25.2 Å². The van der Waals surface area contributed by atoms with Gasteiger partial charge >= 0.3 is 17.6 Å². The molecule has 0 saturated heterocycles. The van der Waals surface area contributed by atoms with Crippen LogP contribution in [0, 0.1) is 0 Å². The number of carbonyl (C=O) groups excluding carboxylic acids is 2. The van der Waals surface area contributed by atoms with E-state index in [1.807, 2.05) is 37.4 Å². The summed E-state index contributed by atoms with van der Waals surface area (Å²) in [6.07, 6.45) is 3.55. The normalized spacial score (nSPS) is 9.98. The number of imidazole rings is 1. The van der Waals surface area contributed by atoms with Gasteiger partial charge in [0.05, 0.1) is 6.33 Å². The summed E-state index contributed by atoms with van der Waals surface area (Å²) < 4.78 is 0. The zero-order chi connectivity index (χ0) is 32.9. The molecule has 0 aliphatic heterocycles. The second-order valence-corrected chi connectivity index (χ2v) is 9.17. The van der Waals surface area contributed by atoms with E-state index in [4.69, 9.17) is 17.3 Å². The van der Waals surface area contributed by atoms with Crippen LogP contribution in [0.15, 0.2) is 58.5 Å². The van der Waals surface area contributed by atoms with Gasteiger partial charge in [0.2, 0.25) is 5.95 Å². The lowest BCUT2D eigenvalue weighted by atomic mass is 9.99. The first kappa shape index (κ1) is 33.5. The van der Waals surface area contributed by atoms with Crippen molar-refractivity contribution in [1.29, 1.82) is 0 Å². The Labute approximate surface area is 259 Å². The van der Waals surface area contributed by atoms with Gasteiger partial charge in [0.25, 0.3) is 5.56 Å². The molecule has 0 atom stereocenters. The Balaban J connectivity index is 0.000000188. The lowest BCUT2D eigenvalue weighted by molar-refractivity contribution is -0.139. The quantitative estimate of drug-likeness (QED) is 0.127. The second kappa shape index (κ2) is 16.0. The number of rotatable bonds is 7. The van der Waals surface area contributed by atoms with Crippen molar-refractivity contribution in [3.63, 3.8) is 0 Å². The zero-order valence-corrected chi connectivity index (χ0v) is 25.3. The van der Waals surface area contributed by atoms with Gasteiger partial charge in [0, 0.05) is 43.7 Å². The van der Waals surface area contributed by atoms with E-state index < -0.39 is 23.2 Å². The Morgan fingerprint density at radius 3 is 2.29 bits per heavy atom. The van der Waals surface area contributed by atoms with Crippen molar-refractivity contribution < 1.29 is 19.3 Å². The van der Waals surface area contributed by atoms with E-state index in [0.29, 0.717) is 5.82 Å². The van der Waals surface area contributed by atoms with E-state index in [1.54, 1.807) is 0 Å². The number of aromatic nitrogens is 7. The second-order valence-electron chi connectivity index (χ2n) is 8.74. The fraction of sp³-hybridized carbons (Fsp3) is 0.185. The molecule has 45 heavy (non-hydrogen) atoms. The predicted molar refractivity (Wildman–Crippen MR) is 168 cm³/mol. The fourth-order valence-corrected chi connectivity index (χ4v) is 3.71. The molecule has 0 bridgehead atoms. The average Bonchev–Trinajstić information content (AvgIpc) is 3.49. The molecule has 17 nitrogen and oxygen atoms in total. The van der Waals surface area contributed by atoms with Crippen molar-refractivity contribution in [3.05, 3.63) is 80.3 Å². The van der Waals surface area contributed by atoms with Crippen LogP contribution in [-0.4, -0.2) is 53.9 Å². The summed E-state index contributed by atoms with van der Waals surface area (Å²) in [7, 11) is 1.85. The van der Waals surface area contributed by atoms with Crippen LogP contribution in [0.1, 0.15) is 26.3 Å². The topological polar surface area (TPSA) is 248 Å². The van der Waals surface area contributed by atoms with Crippen LogP contribution in [-0.2, 0) is 25.7 Å². The first-order valence-corrected chi connectivity index (χ1v) is 13.5. The molecule has 4 aromatic heterocycles. The molecule has 0 aliphatic rings. The van der Waals surface area contributed by atoms with Crippen LogP contribution in [0.25, 0.3) is 22.3 Å². The Kier molecular flexibility index (Phi) is 11.9. The first-order chi connectivity index (χ1) is 21.5. The monoisotopic (exact) mass is 639 g/mol. The molecular formula is C27H30ClN11O6. The van der Waals surface area contributed by atoms with E-state index in [-0.39, 0.29) is 22.9 Å². The minimum absolute atomic E-state index is 0.0230. The minimum atomic E-state index is -0.542. The number of nitrogens with two attached hydrogens (primary N) is 1. The highest BCUT2D eigenvalue weighted by Gasteiger charge is 2.12. The molecule has 0 fully saturated rings. The van der Waals surface area contributed by atoms with Crippen molar-refractivity contribution in [2.24, 2.45) is 0 Å². The number of nitrogens with zero attached hydrogens (tertiary/aromatic N) is 4. The number of hydrogen-bond acceptors (Lipinski definition) is 14. The molecule has 8 N–H and O–H groups in total. The molecule has 0 spiro atoms. The standard InChI is InChI=1S/C14H16ClN3.C7H7N5O3.C6H7N3O3/c1-3-9-8-12(16)18-14(17-2)13(9)10-4-6-11(15)7-5-10;1-3(13)15-12-7-10-5-4(6(14)11-7)8-2-9-5;1-4(10)12-9-5-2-3-7-6(11)8-5/h4-8H,3H2,1-2H3,(H3,16,17,18);2H,1H3,(H3,8,9,10,11,12,14);2-3H,1H3,(H2,7,8,9,11). The van der Waals surface area contributed by atoms with Crippen LogP contribution >= 0.6 is 11.6 Å². The van der Waals surface area contributed by atoms with Crippen molar-refractivity contribution in [3.8, 4) is 11.1 Å². The maximum atomic E-state index is 11.4. The molecule has 5 rings (SSSR count). The van der Waals surface area contributed by atoms with Crippen LogP contribution in [0.3, 0.4) is 0 Å². The van der Waals surface area contributed by atoms with Gasteiger partial charge in [-0.2, -0.15) is 10.5 Å². The number of carbonyl (C=O) groups is 2. The van der Waals surface area contributed by atoms with Gasteiger partial charge in [-0.3, -0.25) is 24.4 Å². The van der Waals surface area contributed by atoms with E-state index in [9.17, 15) is 19.2 Å². The Hall–Kier alpha value is -5.97. The Bertz CT molecular complexity index is 1850. The number of benzene rings is 1. The first-order valence-electron chi connectivity index (χ1n) is 13.1. The zero-order valence-electron chi connectivity index (χ0n) is 24.5. The summed E-state index contributed by atoms with van der Waals surface area (Å²) in [5, 5.41) is 3.83. The third kappa shape index (κ3) is 10.1. The van der Waals surface area contributed by atoms with E-state index in [1.165, 1.54) is 38.0 Å². The highest BCUT2D eigenvalue weighted by atomic mass is 35.5. The number of pyridine rings is 1. The number of nitrogens with one attached hydrogen (secondary N) is 6. The fourth-order valence-electron chi connectivity index (χ4n) is 3.58. The largest absolute Gasteiger partial charge is 0.384 e. The summed E-state index contributed by atoms with van der Waals surface area (Å²) in [6.45, 7) is 4.57. The van der Waals surface area contributed by atoms with Crippen molar-refractivity contribution in [2.75, 3.05) is 29.1 Å². The Morgan fingerprint density at radius 2 is 1.67 bits per heavy atom. The van der Waals surface area contributed by atoms with E-state index in [0.717, 1.165) is 28.4 Å². The predicted octanol–water partition coefficient (Wildman–Crippen LogP) is 2.78. The van der Waals surface area contributed by atoms with Crippen LogP contribution in [0.5, 0.6) is 0 Å². The van der Waals surface area contributed by atoms with E-state index >= 15 is 0 Å². The summed E-state index contributed by atoms with van der Waals surface area (Å²) in [5.41, 5.74) is 13.2. The summed E-state index contributed by atoms with van der Waals surface area (Å²) in [5.74, 6) is 0.607. The maximum Gasteiger partial charge on any atom is 0.346 e. The third-order valence-electron chi connectivity index (χ3n) is 5.44. The number of hydrogen-bond donors (Lipinski definition) is 7. The number of H-pyrrole nitrogens is 3. The third-order valence-corrected chi connectivity index (χ3v) is 5.69. The van der Waals surface area contributed by atoms with Gasteiger partial charge in [-0.1, -0.05) is 30.7 Å². The van der Waals surface area contributed by atoms with Gasteiger partial charge in [-0.05, 0) is 35.7 Å². The lowest BCUT2D eigenvalue weighted by Gasteiger charge is -2.14. The molecule has 0 amide bonds. The van der Waals surface area contributed by atoms with Gasteiger partial charge < -0.3 is 25.7 Å². The van der Waals surface area contributed by atoms with Crippen LogP contribution < -0.4 is 33.3 Å². The average molecular weight is 640 g/mol. The molecule has 4 heterocycles. The molecule has 5 aromatic rings. The molecule has 0 radical (unpaired) electrons. The van der Waals surface area contributed by atoms with E-state index in [2.05, 4.69) is 67.8 Å². The van der Waals surface area contributed by atoms with Crippen molar-refractivity contribution in [2.45, 2.75) is 27.2 Å². The number of anilines is 4. The molecule has 18 heteroatoms. The summed E-state index contributed by atoms with van der Waals surface area (Å²) in [4.78, 5) is 74.3. The van der Waals surface area contributed by atoms with Crippen molar-refractivity contribution >= 4 is 58.1 Å². The van der Waals surface area contributed by atoms with Gasteiger partial charge in [-0.15, -0.1) is 0 Å². The van der Waals surface area contributed by atoms with Gasteiger partial charge in [0.15, 0.2) is 11.2 Å². The maximum absolute atomic E-state index is 11.4. The number of aryl methyl sites for hydroxylation is 1. The summed E-state index contributed by atoms with van der Waals surface area (Å²) >= 11 is 5.92. The smallest absolute Gasteiger partial charge is 0.346 e. The van der Waals surface area contributed by atoms with Gasteiger partial charge in [0.1, 0.15) is 17.5 Å². The molecule has 236 valence electrons. The van der Waals surface area contributed by atoms with Crippen LogP contribution in [0.4, 0.5) is 23.4 Å². The van der Waals surface area contributed by atoms with Crippen molar-refractivity contribution in [1.82, 2.24) is 34.9 Å². The number of nitrogen functional groups attached to an aromatic ring is 1. The molecule has 0 aliphatic carbocycles. The lowest BCUT2D eigenvalue weighted by Crippen LogP contribution is -2.15. The Morgan fingerprint density at radius 1 is 0.978 bits per heavy atom. The molecule has 0 saturated carbocycles.